The molecule has 1 aliphatic rings. The molecule has 0 radical (unpaired) electrons. The minimum absolute atomic E-state index is 0.0109. The Labute approximate surface area is 173 Å². The van der Waals surface area contributed by atoms with E-state index in [1.54, 1.807) is 7.11 Å². The van der Waals surface area contributed by atoms with Gasteiger partial charge in [0.15, 0.2) is 0 Å². The molecule has 5 heteroatoms. The van der Waals surface area contributed by atoms with Crippen molar-refractivity contribution in [3.8, 4) is 5.75 Å². The Morgan fingerprint density at radius 1 is 1.00 bits per heavy atom. The summed E-state index contributed by atoms with van der Waals surface area (Å²) in [5.74, 6) is 1.05. The number of methoxy groups -OCH3 is 1. The average molecular weight is 395 g/mol. The number of hydrogen-bond donors (Lipinski definition) is 1. The van der Waals surface area contributed by atoms with Gasteiger partial charge in [0.25, 0.3) is 0 Å². The van der Waals surface area contributed by atoms with Crippen LogP contribution in [0.5, 0.6) is 5.75 Å². The van der Waals surface area contributed by atoms with E-state index in [2.05, 4.69) is 17.4 Å². The number of carbonyl (C=O) groups excluding carboxylic acids is 2. The molecule has 0 unspecified atom stereocenters. The molecule has 1 heterocycles. The van der Waals surface area contributed by atoms with Crippen LogP contribution >= 0.6 is 0 Å². The third-order valence-corrected chi connectivity index (χ3v) is 5.52. The van der Waals surface area contributed by atoms with Gasteiger partial charge in [-0.05, 0) is 48.9 Å². The van der Waals surface area contributed by atoms with Crippen molar-refractivity contribution in [2.75, 3.05) is 26.7 Å². The Bertz CT molecular complexity index is 782. The first kappa shape index (κ1) is 20.9. The summed E-state index contributed by atoms with van der Waals surface area (Å²) in [5, 5.41) is 3.06. The van der Waals surface area contributed by atoms with Crippen LogP contribution in [-0.4, -0.2) is 43.5 Å². The average Bonchev–Trinajstić information content (AvgIpc) is 2.78. The highest BCUT2D eigenvalue weighted by molar-refractivity contribution is 5.81. The van der Waals surface area contributed by atoms with Crippen LogP contribution in [0.3, 0.4) is 0 Å². The van der Waals surface area contributed by atoms with Crippen molar-refractivity contribution in [3.63, 3.8) is 0 Å². The molecule has 0 bridgehead atoms. The maximum atomic E-state index is 12.5. The fourth-order valence-electron chi connectivity index (χ4n) is 3.71. The van der Waals surface area contributed by atoms with Gasteiger partial charge in [-0.25, -0.2) is 0 Å². The molecule has 154 valence electrons. The second kappa shape index (κ2) is 10.6. The molecule has 0 spiro atoms. The fourth-order valence-corrected chi connectivity index (χ4v) is 3.71. The van der Waals surface area contributed by atoms with Gasteiger partial charge >= 0.3 is 0 Å². The number of piperidine rings is 1. The highest BCUT2D eigenvalue weighted by Crippen LogP contribution is 2.19. The molecule has 0 aliphatic carbocycles. The predicted molar refractivity (Wildman–Crippen MR) is 114 cm³/mol. The van der Waals surface area contributed by atoms with Crippen LogP contribution in [0.1, 0.15) is 30.4 Å². The minimum atomic E-state index is 0.0109. The smallest absolute Gasteiger partial charge is 0.226 e. The lowest BCUT2D eigenvalue weighted by molar-refractivity contribution is -0.135. The topological polar surface area (TPSA) is 58.6 Å². The summed E-state index contributed by atoms with van der Waals surface area (Å²) in [6.45, 7) is 2.00. The predicted octanol–water partition coefficient (Wildman–Crippen LogP) is 3.23. The number of rotatable bonds is 8. The molecule has 3 rings (SSSR count). The summed E-state index contributed by atoms with van der Waals surface area (Å²) >= 11 is 0. The van der Waals surface area contributed by atoms with Crippen molar-refractivity contribution in [2.45, 2.75) is 32.1 Å². The lowest BCUT2D eigenvalue weighted by atomic mass is 9.95. The quantitative estimate of drug-likeness (QED) is 0.700. The van der Waals surface area contributed by atoms with Crippen LogP contribution in [0.2, 0.25) is 0 Å². The van der Waals surface area contributed by atoms with Crippen LogP contribution in [0, 0.1) is 5.92 Å². The fraction of sp³-hybridized carbons (Fsp3) is 0.417. The molecule has 5 nitrogen and oxygen atoms in total. The van der Waals surface area contributed by atoms with Gasteiger partial charge in [-0.15, -0.1) is 0 Å². The highest BCUT2D eigenvalue weighted by Gasteiger charge is 2.27. The standard InChI is InChI=1S/C24H30N2O3/c1-29-22-11-9-20(10-12-22)18-23(27)26-16-13-21(14-17-26)24(28)25-15-5-8-19-6-3-2-4-7-19/h2-4,6-7,9-12,21H,5,8,13-18H2,1H3,(H,25,28). The van der Waals surface area contributed by atoms with Crippen molar-refractivity contribution < 1.29 is 14.3 Å². The first-order valence-corrected chi connectivity index (χ1v) is 10.4. The number of likely N-dealkylation sites (tertiary alicyclic amines) is 1. The van der Waals surface area contributed by atoms with Gasteiger partial charge in [-0.1, -0.05) is 42.5 Å². The van der Waals surface area contributed by atoms with Crippen molar-refractivity contribution in [2.24, 2.45) is 5.92 Å². The zero-order valence-electron chi connectivity index (χ0n) is 17.1. The van der Waals surface area contributed by atoms with Crippen molar-refractivity contribution in [1.82, 2.24) is 10.2 Å². The SMILES string of the molecule is COc1ccc(CC(=O)N2CCC(C(=O)NCCCc3ccccc3)CC2)cc1. The van der Waals surface area contributed by atoms with Gasteiger partial charge < -0.3 is 15.0 Å². The number of carbonyl (C=O) groups is 2. The van der Waals surface area contributed by atoms with E-state index >= 15 is 0 Å². The minimum Gasteiger partial charge on any atom is -0.497 e. The molecule has 2 aromatic rings. The van der Waals surface area contributed by atoms with E-state index < -0.39 is 0 Å². The van der Waals surface area contributed by atoms with Crippen LogP contribution in [0.15, 0.2) is 54.6 Å². The monoisotopic (exact) mass is 394 g/mol. The first-order valence-electron chi connectivity index (χ1n) is 10.4. The molecule has 1 saturated heterocycles. The number of hydrogen-bond acceptors (Lipinski definition) is 3. The summed E-state index contributed by atoms with van der Waals surface area (Å²) in [5.41, 5.74) is 2.28. The summed E-state index contributed by atoms with van der Waals surface area (Å²) in [4.78, 5) is 26.8. The van der Waals surface area contributed by atoms with E-state index in [1.165, 1.54) is 5.56 Å². The lowest BCUT2D eigenvalue weighted by Gasteiger charge is -2.31. The molecule has 2 amide bonds. The van der Waals surface area contributed by atoms with Crippen LogP contribution in [0.25, 0.3) is 0 Å². The van der Waals surface area contributed by atoms with E-state index in [9.17, 15) is 9.59 Å². The van der Waals surface area contributed by atoms with Gasteiger partial charge in [0, 0.05) is 25.6 Å². The summed E-state index contributed by atoms with van der Waals surface area (Å²) in [6.07, 6.45) is 3.77. The largest absolute Gasteiger partial charge is 0.497 e. The number of ether oxygens (including phenoxy) is 1. The third kappa shape index (κ3) is 6.34. The zero-order valence-corrected chi connectivity index (χ0v) is 17.1. The van der Waals surface area contributed by atoms with Crippen molar-refractivity contribution in [3.05, 3.63) is 65.7 Å². The Hall–Kier alpha value is -2.82. The second-order valence-corrected chi connectivity index (χ2v) is 7.56. The van der Waals surface area contributed by atoms with E-state index in [0.29, 0.717) is 26.1 Å². The van der Waals surface area contributed by atoms with Crippen LogP contribution in [0.4, 0.5) is 0 Å². The Kier molecular flexibility index (Phi) is 7.68. The second-order valence-electron chi connectivity index (χ2n) is 7.56. The molecule has 0 aromatic heterocycles. The Balaban J connectivity index is 1.35. The Morgan fingerprint density at radius 2 is 1.69 bits per heavy atom. The molecule has 29 heavy (non-hydrogen) atoms. The van der Waals surface area contributed by atoms with Crippen molar-refractivity contribution in [1.29, 1.82) is 0 Å². The molecule has 0 saturated carbocycles. The number of benzene rings is 2. The maximum Gasteiger partial charge on any atom is 0.226 e. The third-order valence-electron chi connectivity index (χ3n) is 5.52. The van der Waals surface area contributed by atoms with Gasteiger partial charge in [0.2, 0.25) is 11.8 Å². The van der Waals surface area contributed by atoms with Gasteiger partial charge in [-0.2, -0.15) is 0 Å². The number of nitrogens with zero attached hydrogens (tertiary/aromatic N) is 1. The van der Waals surface area contributed by atoms with E-state index in [-0.39, 0.29) is 17.7 Å². The van der Waals surface area contributed by atoms with Crippen LogP contribution < -0.4 is 10.1 Å². The Morgan fingerprint density at radius 3 is 2.34 bits per heavy atom. The molecule has 1 N–H and O–H groups in total. The molecule has 1 fully saturated rings. The summed E-state index contributed by atoms with van der Waals surface area (Å²) in [7, 11) is 1.63. The highest BCUT2D eigenvalue weighted by atomic mass is 16.5. The van der Waals surface area contributed by atoms with E-state index in [1.807, 2.05) is 47.4 Å². The maximum absolute atomic E-state index is 12.5. The normalized spacial score (nSPS) is 14.4. The first-order chi connectivity index (χ1) is 14.2. The molecule has 2 aromatic carbocycles. The number of aryl methyl sites for hydroxylation is 1. The zero-order chi connectivity index (χ0) is 20.5. The van der Waals surface area contributed by atoms with Gasteiger partial charge in [-0.3, -0.25) is 9.59 Å². The molecule has 0 atom stereocenters. The van der Waals surface area contributed by atoms with E-state index in [0.717, 1.165) is 37.0 Å². The molecular weight excluding hydrogens is 364 g/mol. The van der Waals surface area contributed by atoms with Gasteiger partial charge in [0.1, 0.15) is 5.75 Å². The van der Waals surface area contributed by atoms with Gasteiger partial charge in [0.05, 0.1) is 13.5 Å². The van der Waals surface area contributed by atoms with Crippen LogP contribution in [-0.2, 0) is 22.4 Å². The van der Waals surface area contributed by atoms with E-state index in [4.69, 9.17) is 4.74 Å². The summed E-state index contributed by atoms with van der Waals surface area (Å²) in [6, 6.07) is 17.9. The molecule has 1 aliphatic heterocycles. The number of amides is 2. The number of nitrogens with one attached hydrogen (secondary N) is 1. The summed E-state index contributed by atoms with van der Waals surface area (Å²) < 4.78 is 5.15. The van der Waals surface area contributed by atoms with Crippen molar-refractivity contribution >= 4 is 11.8 Å². The lowest BCUT2D eigenvalue weighted by Crippen LogP contribution is -2.43. The molecular formula is C24H30N2O3.